The summed E-state index contributed by atoms with van der Waals surface area (Å²) in [5.74, 6) is -0.662. The predicted octanol–water partition coefficient (Wildman–Crippen LogP) is 3.49. The maximum absolute atomic E-state index is 12.7. The smallest absolute Gasteiger partial charge is 0.278 e. The van der Waals surface area contributed by atoms with Gasteiger partial charge in [-0.05, 0) is 49.7 Å². The number of anilines is 1. The number of halogens is 1. The van der Waals surface area contributed by atoms with E-state index >= 15 is 0 Å². The number of aryl methyl sites for hydroxylation is 1. The molecule has 1 N–H and O–H groups in total. The molecule has 0 radical (unpaired) electrons. The van der Waals surface area contributed by atoms with Crippen molar-refractivity contribution < 1.29 is 9.59 Å². The van der Waals surface area contributed by atoms with Gasteiger partial charge in [0.05, 0.1) is 22.0 Å². The van der Waals surface area contributed by atoms with E-state index in [1.54, 1.807) is 43.9 Å². The van der Waals surface area contributed by atoms with Crippen LogP contribution in [-0.4, -0.2) is 45.8 Å². The number of aromatic nitrogens is 3. The molecule has 3 rings (SSSR count). The van der Waals surface area contributed by atoms with Gasteiger partial charge in [0, 0.05) is 19.8 Å². The third-order valence-electron chi connectivity index (χ3n) is 4.22. The highest BCUT2D eigenvalue weighted by Crippen LogP contribution is 2.22. The van der Waals surface area contributed by atoms with Crippen LogP contribution in [0.2, 0.25) is 5.02 Å². The second-order valence-corrected chi connectivity index (χ2v) is 7.03. The molecule has 0 spiro atoms. The Labute approximate surface area is 167 Å². The quantitative estimate of drug-likeness (QED) is 0.730. The number of nitrogens with one attached hydrogen (secondary N) is 1. The summed E-state index contributed by atoms with van der Waals surface area (Å²) in [6.45, 7) is 3.76. The molecule has 0 aliphatic carbocycles. The van der Waals surface area contributed by atoms with Crippen molar-refractivity contribution in [3.8, 4) is 5.69 Å². The van der Waals surface area contributed by atoms with Crippen LogP contribution in [0, 0.1) is 13.8 Å². The number of benzene rings is 2. The number of hydrogen-bond acceptors (Lipinski definition) is 4. The van der Waals surface area contributed by atoms with E-state index < -0.39 is 5.91 Å². The first-order chi connectivity index (χ1) is 13.3. The lowest BCUT2D eigenvalue weighted by molar-refractivity contribution is 0.0827. The lowest BCUT2D eigenvalue weighted by Gasteiger charge is -2.13. The molecular weight excluding hydrogens is 378 g/mol. The van der Waals surface area contributed by atoms with Crippen LogP contribution in [0.5, 0.6) is 0 Å². The van der Waals surface area contributed by atoms with Gasteiger partial charge in [-0.2, -0.15) is 0 Å². The molecule has 0 unspecified atom stereocenters. The summed E-state index contributed by atoms with van der Waals surface area (Å²) in [5.41, 5.74) is 3.49. The molecule has 2 amide bonds. The molecule has 0 aliphatic heterocycles. The summed E-state index contributed by atoms with van der Waals surface area (Å²) in [5, 5.41) is 11.2. The van der Waals surface area contributed by atoms with Crippen molar-refractivity contribution in [3.05, 3.63) is 70.0 Å². The van der Waals surface area contributed by atoms with Gasteiger partial charge in [0.25, 0.3) is 11.8 Å². The first kappa shape index (κ1) is 19.6. The maximum Gasteiger partial charge on any atom is 0.278 e. The molecule has 28 heavy (non-hydrogen) atoms. The number of carbonyl (C=O) groups is 2. The summed E-state index contributed by atoms with van der Waals surface area (Å²) in [6.07, 6.45) is 0. The Balaban J connectivity index is 1.87. The lowest BCUT2D eigenvalue weighted by Crippen LogP contribution is -2.22. The van der Waals surface area contributed by atoms with Crippen LogP contribution in [0.4, 0.5) is 5.69 Å². The Morgan fingerprint density at radius 1 is 1.11 bits per heavy atom. The third kappa shape index (κ3) is 3.89. The fourth-order valence-electron chi connectivity index (χ4n) is 2.74. The Hall–Kier alpha value is -3.19. The Morgan fingerprint density at radius 2 is 1.86 bits per heavy atom. The molecule has 8 heteroatoms. The van der Waals surface area contributed by atoms with E-state index in [9.17, 15) is 9.59 Å². The number of rotatable bonds is 4. The highest BCUT2D eigenvalue weighted by atomic mass is 35.5. The van der Waals surface area contributed by atoms with Crippen LogP contribution in [0.1, 0.15) is 32.1 Å². The standard InChI is InChI=1S/C20H20ClN5O2/c1-12-6-5-7-15(10-12)26-13(2)18(23-24-26)19(27)22-14-8-9-17(21)16(11-14)20(28)25(3)4/h5-11H,1-4H3,(H,22,27). The van der Waals surface area contributed by atoms with Crippen molar-refractivity contribution in [1.29, 1.82) is 0 Å². The molecule has 0 aliphatic rings. The molecule has 2 aromatic carbocycles. The molecule has 1 heterocycles. The van der Waals surface area contributed by atoms with Crippen LogP contribution < -0.4 is 5.32 Å². The highest BCUT2D eigenvalue weighted by Gasteiger charge is 2.19. The van der Waals surface area contributed by atoms with Gasteiger partial charge in [-0.1, -0.05) is 28.9 Å². The Kier molecular flexibility index (Phi) is 5.46. The fraction of sp³-hybridized carbons (Fsp3) is 0.200. The van der Waals surface area contributed by atoms with Crippen molar-refractivity contribution in [3.63, 3.8) is 0 Å². The van der Waals surface area contributed by atoms with Crippen LogP contribution in [0.15, 0.2) is 42.5 Å². The third-order valence-corrected chi connectivity index (χ3v) is 4.55. The first-order valence-corrected chi connectivity index (χ1v) is 8.97. The number of hydrogen-bond donors (Lipinski definition) is 1. The number of amides is 2. The summed E-state index contributed by atoms with van der Waals surface area (Å²) in [6, 6.07) is 12.5. The molecule has 0 saturated heterocycles. The van der Waals surface area contributed by atoms with Gasteiger partial charge in [0.2, 0.25) is 0 Å². The van der Waals surface area contributed by atoms with Gasteiger partial charge in [0.1, 0.15) is 0 Å². The van der Waals surface area contributed by atoms with Crippen LogP contribution in [-0.2, 0) is 0 Å². The molecular formula is C20H20ClN5O2. The van der Waals surface area contributed by atoms with E-state index in [4.69, 9.17) is 11.6 Å². The second kappa shape index (κ2) is 7.82. The Bertz CT molecular complexity index is 1060. The lowest BCUT2D eigenvalue weighted by atomic mass is 10.1. The van der Waals surface area contributed by atoms with E-state index in [0.717, 1.165) is 11.3 Å². The van der Waals surface area contributed by atoms with Gasteiger partial charge in [-0.3, -0.25) is 9.59 Å². The molecule has 0 bridgehead atoms. The molecule has 3 aromatic rings. The number of carbonyl (C=O) groups excluding carboxylic acids is 2. The number of nitrogens with zero attached hydrogens (tertiary/aromatic N) is 4. The minimum atomic E-state index is -0.415. The van der Waals surface area contributed by atoms with E-state index in [1.165, 1.54) is 4.90 Å². The zero-order chi connectivity index (χ0) is 20.4. The minimum Gasteiger partial charge on any atom is -0.345 e. The highest BCUT2D eigenvalue weighted by molar-refractivity contribution is 6.34. The molecule has 0 atom stereocenters. The predicted molar refractivity (Wildman–Crippen MR) is 108 cm³/mol. The van der Waals surface area contributed by atoms with Gasteiger partial charge >= 0.3 is 0 Å². The van der Waals surface area contributed by atoms with Crippen molar-refractivity contribution >= 4 is 29.1 Å². The van der Waals surface area contributed by atoms with Crippen LogP contribution in [0.3, 0.4) is 0 Å². The second-order valence-electron chi connectivity index (χ2n) is 6.62. The van der Waals surface area contributed by atoms with Crippen molar-refractivity contribution in [2.24, 2.45) is 0 Å². The Morgan fingerprint density at radius 3 is 2.54 bits per heavy atom. The van der Waals surface area contributed by atoms with Crippen molar-refractivity contribution in [1.82, 2.24) is 19.9 Å². The van der Waals surface area contributed by atoms with Gasteiger partial charge in [-0.25, -0.2) is 4.68 Å². The summed E-state index contributed by atoms with van der Waals surface area (Å²) >= 11 is 6.11. The topological polar surface area (TPSA) is 80.1 Å². The zero-order valence-corrected chi connectivity index (χ0v) is 16.8. The van der Waals surface area contributed by atoms with E-state index in [1.807, 2.05) is 31.2 Å². The summed E-state index contributed by atoms with van der Waals surface area (Å²) < 4.78 is 1.62. The maximum atomic E-state index is 12.7. The monoisotopic (exact) mass is 397 g/mol. The fourth-order valence-corrected chi connectivity index (χ4v) is 2.94. The van der Waals surface area contributed by atoms with Crippen molar-refractivity contribution in [2.75, 3.05) is 19.4 Å². The van der Waals surface area contributed by atoms with Crippen LogP contribution in [0.25, 0.3) is 5.69 Å². The summed E-state index contributed by atoms with van der Waals surface area (Å²) in [7, 11) is 3.27. The normalized spacial score (nSPS) is 10.6. The largest absolute Gasteiger partial charge is 0.345 e. The molecule has 0 fully saturated rings. The SMILES string of the molecule is Cc1cccc(-n2nnc(C(=O)Nc3ccc(Cl)c(C(=O)N(C)C)c3)c2C)c1. The molecule has 7 nitrogen and oxygen atoms in total. The van der Waals surface area contributed by atoms with Gasteiger partial charge < -0.3 is 10.2 Å². The molecule has 144 valence electrons. The van der Waals surface area contributed by atoms with E-state index in [0.29, 0.717) is 22.0 Å². The average molecular weight is 398 g/mol. The first-order valence-electron chi connectivity index (χ1n) is 8.60. The summed E-state index contributed by atoms with van der Waals surface area (Å²) in [4.78, 5) is 26.3. The molecule has 1 aromatic heterocycles. The van der Waals surface area contributed by atoms with E-state index in [-0.39, 0.29) is 11.6 Å². The minimum absolute atomic E-state index is 0.206. The van der Waals surface area contributed by atoms with E-state index in [2.05, 4.69) is 15.6 Å². The zero-order valence-electron chi connectivity index (χ0n) is 16.0. The average Bonchev–Trinajstić information content (AvgIpc) is 3.04. The van der Waals surface area contributed by atoms with Crippen LogP contribution >= 0.6 is 11.6 Å². The molecule has 0 saturated carbocycles. The van der Waals surface area contributed by atoms with Gasteiger partial charge in [0.15, 0.2) is 5.69 Å². The van der Waals surface area contributed by atoms with Crippen molar-refractivity contribution in [2.45, 2.75) is 13.8 Å². The van der Waals surface area contributed by atoms with Gasteiger partial charge in [-0.15, -0.1) is 5.10 Å².